The molecule has 3 N–H and O–H groups in total. The van der Waals surface area contributed by atoms with E-state index in [1.165, 1.54) is 0 Å². The fourth-order valence-electron chi connectivity index (χ4n) is 2.65. The lowest BCUT2D eigenvalue weighted by Gasteiger charge is -2.34. The van der Waals surface area contributed by atoms with Crippen LogP contribution in [0.4, 0.5) is 0 Å². The van der Waals surface area contributed by atoms with E-state index in [-0.39, 0.29) is 6.10 Å². The predicted octanol–water partition coefficient (Wildman–Crippen LogP) is 1.79. The Kier molecular flexibility index (Phi) is 5.96. The largest absolute Gasteiger partial charge is 0.494 e. The molecule has 0 aromatic heterocycles. The van der Waals surface area contributed by atoms with Crippen LogP contribution in [0.25, 0.3) is 0 Å². The molecule has 0 saturated heterocycles. The molecule has 1 aromatic carbocycles. The summed E-state index contributed by atoms with van der Waals surface area (Å²) in [7, 11) is 2.12. The first kappa shape index (κ1) is 16.2. The molecule has 5 heteroatoms. The van der Waals surface area contributed by atoms with E-state index in [9.17, 15) is 5.11 Å². The highest BCUT2D eigenvalue weighted by Gasteiger charge is 2.27. The summed E-state index contributed by atoms with van der Waals surface area (Å²) in [6, 6.07) is 7.58. The molecule has 4 nitrogen and oxygen atoms in total. The lowest BCUT2D eigenvalue weighted by atomic mass is 9.82. The van der Waals surface area contributed by atoms with Gasteiger partial charge in [0.15, 0.2) is 0 Å². The molecule has 1 fully saturated rings. The minimum Gasteiger partial charge on any atom is -0.494 e. The van der Waals surface area contributed by atoms with Crippen molar-refractivity contribution in [1.29, 1.82) is 0 Å². The first-order valence-electron chi connectivity index (χ1n) is 7.44. The Bertz CT molecular complexity index is 475. The summed E-state index contributed by atoms with van der Waals surface area (Å²) in [5.74, 6) is 1.47. The fraction of sp³-hybridized carbons (Fsp3) is 0.562. The highest BCUT2D eigenvalue weighted by Crippen LogP contribution is 2.27. The molecule has 0 unspecified atom stereocenters. The van der Waals surface area contributed by atoms with Crippen LogP contribution in [-0.4, -0.2) is 47.8 Å². The highest BCUT2D eigenvalue weighted by atomic mass is 32.1. The number of benzene rings is 1. The number of hydrogen-bond donors (Lipinski definition) is 2. The third-order valence-corrected chi connectivity index (χ3v) is 4.09. The SMILES string of the molecule is CN(CCCOc1cccc(C(N)=S)c1)CC1CC(O)C1. The Hall–Kier alpha value is -1.17. The lowest BCUT2D eigenvalue weighted by molar-refractivity contribution is 0.0278. The zero-order valence-electron chi connectivity index (χ0n) is 12.5. The fourth-order valence-corrected chi connectivity index (χ4v) is 2.77. The van der Waals surface area contributed by atoms with E-state index in [0.717, 1.165) is 43.7 Å². The van der Waals surface area contributed by atoms with E-state index in [0.29, 0.717) is 17.5 Å². The number of nitrogens with zero attached hydrogens (tertiary/aromatic N) is 1. The monoisotopic (exact) mass is 308 g/mol. The Morgan fingerprint density at radius 3 is 2.90 bits per heavy atom. The quantitative estimate of drug-likeness (QED) is 0.566. The number of nitrogens with two attached hydrogens (primary N) is 1. The van der Waals surface area contributed by atoms with Crippen molar-refractivity contribution in [1.82, 2.24) is 4.90 Å². The van der Waals surface area contributed by atoms with Gasteiger partial charge in [-0.2, -0.15) is 0 Å². The smallest absolute Gasteiger partial charge is 0.119 e. The maximum absolute atomic E-state index is 9.28. The average Bonchev–Trinajstić information content (AvgIpc) is 2.42. The normalized spacial score (nSPS) is 21.1. The minimum absolute atomic E-state index is 0.0624. The molecular formula is C16H24N2O2S. The van der Waals surface area contributed by atoms with Crippen LogP contribution in [0, 0.1) is 5.92 Å². The van der Waals surface area contributed by atoms with Gasteiger partial charge < -0.3 is 20.5 Å². The molecule has 0 bridgehead atoms. The lowest BCUT2D eigenvalue weighted by Crippen LogP contribution is -2.37. The van der Waals surface area contributed by atoms with Crippen LogP contribution in [0.15, 0.2) is 24.3 Å². The molecule has 0 spiro atoms. The minimum atomic E-state index is -0.0624. The van der Waals surface area contributed by atoms with Crippen molar-refractivity contribution in [3.63, 3.8) is 0 Å². The van der Waals surface area contributed by atoms with Gasteiger partial charge in [0.2, 0.25) is 0 Å². The van der Waals surface area contributed by atoms with Gasteiger partial charge in [-0.15, -0.1) is 0 Å². The van der Waals surface area contributed by atoms with Crippen molar-refractivity contribution in [2.75, 3.05) is 26.7 Å². The summed E-state index contributed by atoms with van der Waals surface area (Å²) < 4.78 is 5.73. The van der Waals surface area contributed by atoms with Crippen molar-refractivity contribution in [3.8, 4) is 5.75 Å². The third kappa shape index (κ3) is 5.26. The van der Waals surface area contributed by atoms with E-state index in [1.54, 1.807) is 0 Å². The van der Waals surface area contributed by atoms with Gasteiger partial charge in [-0.25, -0.2) is 0 Å². The van der Waals surface area contributed by atoms with E-state index >= 15 is 0 Å². The summed E-state index contributed by atoms with van der Waals surface area (Å²) >= 11 is 4.95. The van der Waals surface area contributed by atoms with Crippen molar-refractivity contribution in [3.05, 3.63) is 29.8 Å². The van der Waals surface area contributed by atoms with Crippen molar-refractivity contribution in [2.24, 2.45) is 11.7 Å². The maximum Gasteiger partial charge on any atom is 0.119 e. The van der Waals surface area contributed by atoms with Crippen LogP contribution in [-0.2, 0) is 0 Å². The van der Waals surface area contributed by atoms with Crippen molar-refractivity contribution in [2.45, 2.75) is 25.4 Å². The molecule has 0 atom stereocenters. The predicted molar refractivity (Wildman–Crippen MR) is 88.7 cm³/mol. The summed E-state index contributed by atoms with van der Waals surface area (Å²) in [6.07, 6.45) is 2.81. The molecule has 1 aromatic rings. The zero-order valence-corrected chi connectivity index (χ0v) is 13.3. The van der Waals surface area contributed by atoms with Crippen molar-refractivity contribution < 1.29 is 9.84 Å². The number of hydrogen-bond acceptors (Lipinski definition) is 4. The van der Waals surface area contributed by atoms with Gasteiger partial charge in [-0.3, -0.25) is 0 Å². The molecule has 0 amide bonds. The van der Waals surface area contributed by atoms with Crippen LogP contribution < -0.4 is 10.5 Å². The van der Waals surface area contributed by atoms with Gasteiger partial charge >= 0.3 is 0 Å². The summed E-state index contributed by atoms with van der Waals surface area (Å²) in [4.78, 5) is 2.70. The third-order valence-electron chi connectivity index (χ3n) is 3.85. The van der Waals surface area contributed by atoms with Crippen LogP contribution in [0.1, 0.15) is 24.8 Å². The van der Waals surface area contributed by atoms with Crippen LogP contribution >= 0.6 is 12.2 Å². The molecule has 116 valence electrons. The molecule has 1 saturated carbocycles. The second kappa shape index (κ2) is 7.73. The number of rotatable bonds is 8. The molecule has 2 rings (SSSR count). The Morgan fingerprint density at radius 2 is 2.24 bits per heavy atom. The maximum atomic E-state index is 9.28. The molecule has 21 heavy (non-hydrogen) atoms. The number of ether oxygens (including phenoxy) is 1. The standard InChI is InChI=1S/C16H24N2O2S/c1-18(11-12-8-14(19)9-12)6-3-7-20-15-5-2-4-13(10-15)16(17)21/h2,4-5,10,12,14,19H,3,6-9,11H2,1H3,(H2,17,21). The van der Waals surface area contributed by atoms with Gasteiger partial charge in [0.05, 0.1) is 12.7 Å². The average molecular weight is 308 g/mol. The second-order valence-electron chi connectivity index (χ2n) is 5.85. The molecule has 1 aliphatic carbocycles. The molecular weight excluding hydrogens is 284 g/mol. The Labute approximate surface area is 131 Å². The summed E-state index contributed by atoms with van der Waals surface area (Å²) in [5.41, 5.74) is 6.44. The van der Waals surface area contributed by atoms with E-state index < -0.39 is 0 Å². The molecule has 0 aliphatic heterocycles. The van der Waals surface area contributed by atoms with Crippen LogP contribution in [0.3, 0.4) is 0 Å². The Morgan fingerprint density at radius 1 is 1.48 bits per heavy atom. The van der Waals surface area contributed by atoms with Gasteiger partial charge in [-0.1, -0.05) is 24.4 Å². The second-order valence-corrected chi connectivity index (χ2v) is 6.29. The van der Waals surface area contributed by atoms with Crippen LogP contribution in [0.2, 0.25) is 0 Å². The molecule has 0 heterocycles. The van der Waals surface area contributed by atoms with E-state index in [1.807, 2.05) is 24.3 Å². The Balaban J connectivity index is 1.63. The summed E-state index contributed by atoms with van der Waals surface area (Å²) in [6.45, 7) is 2.74. The molecule has 0 radical (unpaired) electrons. The van der Waals surface area contributed by atoms with Crippen LogP contribution in [0.5, 0.6) is 5.75 Å². The van der Waals surface area contributed by atoms with E-state index in [2.05, 4.69) is 11.9 Å². The van der Waals surface area contributed by atoms with Crippen molar-refractivity contribution >= 4 is 17.2 Å². The summed E-state index contributed by atoms with van der Waals surface area (Å²) in [5, 5.41) is 9.28. The van der Waals surface area contributed by atoms with Gasteiger partial charge in [0, 0.05) is 18.7 Å². The molecule has 1 aliphatic rings. The first-order chi connectivity index (χ1) is 10.0. The first-order valence-corrected chi connectivity index (χ1v) is 7.84. The topological polar surface area (TPSA) is 58.7 Å². The highest BCUT2D eigenvalue weighted by molar-refractivity contribution is 7.80. The zero-order chi connectivity index (χ0) is 15.2. The number of aliphatic hydroxyl groups excluding tert-OH is 1. The van der Waals surface area contributed by atoms with E-state index in [4.69, 9.17) is 22.7 Å². The number of aliphatic hydroxyl groups is 1. The number of thiocarbonyl (C=S) groups is 1. The van der Waals surface area contributed by atoms with Gasteiger partial charge in [0.1, 0.15) is 10.7 Å². The van der Waals surface area contributed by atoms with Gasteiger partial charge in [0.25, 0.3) is 0 Å². The van der Waals surface area contributed by atoms with Gasteiger partial charge in [-0.05, 0) is 44.4 Å².